The van der Waals surface area contributed by atoms with Gasteiger partial charge < -0.3 is 18.6 Å². The maximum Gasteiger partial charge on any atom is 0.236 e. The van der Waals surface area contributed by atoms with Gasteiger partial charge in [0.25, 0.3) is 0 Å². The molecular formula is C110H68N8O2S. The molecule has 0 atom stereocenters. The van der Waals surface area contributed by atoms with Crippen molar-refractivity contribution in [1.29, 1.82) is 0 Å². The van der Waals surface area contributed by atoms with Crippen molar-refractivity contribution in [3.05, 3.63) is 413 Å². The van der Waals surface area contributed by atoms with E-state index >= 15 is 0 Å². The lowest BCUT2D eigenvalue weighted by molar-refractivity contribution is 0.670. The van der Waals surface area contributed by atoms with Crippen LogP contribution in [0, 0.1) is 0 Å². The summed E-state index contributed by atoms with van der Waals surface area (Å²) in [5, 5.41) is 15.3. The quantitative estimate of drug-likeness (QED) is 0.119. The highest BCUT2D eigenvalue weighted by Gasteiger charge is 2.29. The van der Waals surface area contributed by atoms with Crippen LogP contribution < -0.4 is 9.80 Å². The molecule has 25 rings (SSSR count). The normalized spacial score (nSPS) is 11.8. The van der Waals surface area contributed by atoms with Crippen LogP contribution in [0.4, 0.5) is 34.1 Å². The van der Waals surface area contributed by atoms with Crippen molar-refractivity contribution in [3.8, 4) is 56.7 Å². The van der Waals surface area contributed by atoms with Crippen molar-refractivity contribution in [2.75, 3.05) is 9.80 Å². The lowest BCUT2D eigenvalue weighted by Crippen LogP contribution is -2.10. The maximum atomic E-state index is 7.26. The number of rotatable bonds is 12. The Hall–Kier alpha value is -16.1. The van der Waals surface area contributed by atoms with E-state index in [2.05, 4.69) is 413 Å². The van der Waals surface area contributed by atoms with E-state index in [4.69, 9.17) is 28.8 Å². The molecule has 10 nitrogen and oxygen atoms in total. The molecule has 0 bridgehead atoms. The predicted octanol–water partition coefficient (Wildman–Crippen LogP) is 30.4. The summed E-state index contributed by atoms with van der Waals surface area (Å²) in [5.74, 6) is 1.21. The summed E-state index contributed by atoms with van der Waals surface area (Å²) >= 11 is 1.75. The Balaban J connectivity index is 0.000000137. The van der Waals surface area contributed by atoms with Crippen LogP contribution >= 0.6 is 11.3 Å². The molecule has 566 valence electrons. The maximum absolute atomic E-state index is 7.26. The van der Waals surface area contributed by atoms with Gasteiger partial charge in [0.2, 0.25) is 11.9 Å². The van der Waals surface area contributed by atoms with Gasteiger partial charge in [-0.2, -0.15) is 0 Å². The van der Waals surface area contributed by atoms with Crippen molar-refractivity contribution >= 4 is 186 Å². The van der Waals surface area contributed by atoms with Gasteiger partial charge in [-0.3, -0.25) is 9.13 Å². The summed E-state index contributed by atoms with van der Waals surface area (Å²) in [4.78, 5) is 26.2. The number of furan rings is 2. The molecule has 0 fully saturated rings. The van der Waals surface area contributed by atoms with E-state index in [-0.39, 0.29) is 0 Å². The number of nitrogens with zero attached hydrogens (tertiary/aromatic N) is 8. The van der Waals surface area contributed by atoms with E-state index in [0.29, 0.717) is 11.9 Å². The average Bonchev–Trinajstić information content (AvgIpc) is 1.55. The number of benzene rings is 18. The monoisotopic (exact) mass is 1560 g/mol. The third kappa shape index (κ3) is 11.4. The molecule has 0 aliphatic carbocycles. The van der Waals surface area contributed by atoms with Crippen LogP contribution in [0.15, 0.2) is 421 Å². The molecule has 7 aromatic heterocycles. The fourth-order valence-corrected chi connectivity index (χ4v) is 19.5. The van der Waals surface area contributed by atoms with E-state index in [1.165, 1.54) is 27.0 Å². The summed E-state index contributed by atoms with van der Waals surface area (Å²) in [7, 11) is 0. The molecule has 0 radical (unpaired) electrons. The molecule has 0 aliphatic rings. The van der Waals surface area contributed by atoms with Crippen LogP contribution in [0.5, 0.6) is 0 Å². The molecule has 0 unspecified atom stereocenters. The van der Waals surface area contributed by atoms with E-state index in [1.807, 2.05) is 18.2 Å². The van der Waals surface area contributed by atoms with Crippen molar-refractivity contribution in [2.24, 2.45) is 0 Å². The zero-order chi connectivity index (χ0) is 79.6. The molecule has 25 aromatic rings. The van der Waals surface area contributed by atoms with Gasteiger partial charge in [-0.15, -0.1) is 11.3 Å². The third-order valence-electron chi connectivity index (χ3n) is 23.8. The van der Waals surface area contributed by atoms with Gasteiger partial charge >= 0.3 is 0 Å². The first-order valence-corrected chi connectivity index (χ1v) is 41.6. The Labute approximate surface area is 697 Å². The summed E-state index contributed by atoms with van der Waals surface area (Å²) < 4.78 is 21.1. The zero-order valence-electron chi connectivity index (χ0n) is 65.1. The second kappa shape index (κ2) is 28.4. The first kappa shape index (κ1) is 69.2. The van der Waals surface area contributed by atoms with Crippen molar-refractivity contribution in [2.45, 2.75) is 0 Å². The van der Waals surface area contributed by atoms with Crippen molar-refractivity contribution in [1.82, 2.24) is 29.1 Å². The van der Waals surface area contributed by atoms with E-state index in [0.717, 1.165) is 192 Å². The molecule has 0 aliphatic heterocycles. The number of aromatic nitrogens is 6. The highest BCUT2D eigenvalue weighted by molar-refractivity contribution is 7.26. The smallest absolute Gasteiger partial charge is 0.236 e. The van der Waals surface area contributed by atoms with Crippen LogP contribution in [0.2, 0.25) is 0 Å². The Kier molecular flexibility index (Phi) is 16.2. The first-order valence-electron chi connectivity index (χ1n) is 40.7. The lowest BCUT2D eigenvalue weighted by atomic mass is 10.00. The summed E-state index contributed by atoms with van der Waals surface area (Å²) in [6.07, 6.45) is 0. The number of para-hydroxylation sites is 5. The molecule has 121 heavy (non-hydrogen) atoms. The summed E-state index contributed by atoms with van der Waals surface area (Å²) in [6, 6.07) is 145. The summed E-state index contributed by atoms with van der Waals surface area (Å²) in [5.41, 5.74) is 23.9. The van der Waals surface area contributed by atoms with E-state index in [1.54, 1.807) is 11.3 Å². The first-order chi connectivity index (χ1) is 60.0. The molecule has 0 saturated heterocycles. The minimum absolute atomic E-state index is 0.599. The highest BCUT2D eigenvalue weighted by atomic mass is 32.1. The predicted molar refractivity (Wildman–Crippen MR) is 504 cm³/mol. The molecule has 7 heterocycles. The lowest BCUT2D eigenvalue weighted by Gasteiger charge is -2.27. The number of anilines is 6. The van der Waals surface area contributed by atoms with E-state index < -0.39 is 0 Å². The SMILES string of the molecule is c1ccc(-c2ccc(N(c3ccccc3)c3cc4oc5c(ccc6c7ccccc7n(-c7nc(-c8ccccc8)c8ccccc8n7)c65)c4c4ccccc34)cc2)cc1.c1ccc(-c2ccc(N(c3ccccc3)c3cc4oc5c(ccc6c7ccccc7n(-c7nc(-c8ccccc8)c8sc9ccccc9c8n7)c65)c4c4ccccc34)cc2)cc1. The third-order valence-corrected chi connectivity index (χ3v) is 25.0. The van der Waals surface area contributed by atoms with Crippen LogP contribution in [-0.4, -0.2) is 29.1 Å². The van der Waals surface area contributed by atoms with E-state index in [9.17, 15) is 0 Å². The molecule has 0 spiro atoms. The topological polar surface area (TPSA) is 94.2 Å². The van der Waals surface area contributed by atoms with Gasteiger partial charge in [0.1, 0.15) is 22.2 Å². The highest BCUT2D eigenvalue weighted by Crippen LogP contribution is 2.51. The van der Waals surface area contributed by atoms with Gasteiger partial charge in [-0.05, 0) is 118 Å². The summed E-state index contributed by atoms with van der Waals surface area (Å²) in [6.45, 7) is 0. The Morgan fingerprint density at radius 1 is 0.248 bits per heavy atom. The van der Waals surface area contributed by atoms with Crippen molar-refractivity contribution < 1.29 is 8.83 Å². The van der Waals surface area contributed by atoms with Gasteiger partial charge in [0, 0.05) is 115 Å². The Morgan fingerprint density at radius 2 is 0.595 bits per heavy atom. The molecule has 0 saturated carbocycles. The van der Waals surface area contributed by atoms with Crippen LogP contribution in [-0.2, 0) is 0 Å². The zero-order valence-corrected chi connectivity index (χ0v) is 65.9. The van der Waals surface area contributed by atoms with Gasteiger partial charge in [-0.25, -0.2) is 19.9 Å². The number of hydrogen-bond donors (Lipinski definition) is 0. The molecule has 0 amide bonds. The van der Waals surface area contributed by atoms with Gasteiger partial charge in [0.15, 0.2) is 11.2 Å². The van der Waals surface area contributed by atoms with Gasteiger partial charge in [-0.1, -0.05) is 315 Å². The second-order valence-corrected chi connectivity index (χ2v) is 31.7. The van der Waals surface area contributed by atoms with Crippen molar-refractivity contribution in [3.63, 3.8) is 0 Å². The standard InChI is InChI=1S/C56H34N4OS.C54H34N4O/c1-4-16-35(17-5-1)36-28-30-39(31-29-36)59(38-20-8-3-9-21-38)47-34-48-50(42-24-11-10-22-40(42)47)45-33-32-43-41-23-12-14-26-46(41)60(53(43)54(45)61-48)56-57-51(37-18-6-2-7-19-37)55-52(58-56)44-25-13-15-27-49(44)62-55;1-4-16-35(17-5-1)36-28-30-39(31-29-36)57(38-20-8-3-9-21-38)48-34-49-50(42-24-11-10-22-40(42)48)45-33-32-43-41-23-13-15-27-47(41)58(52(43)53(45)59-49)54-55-46-26-14-12-25-44(46)51(56-54)37-18-6-2-7-19-37/h1-34H;1-34H. The largest absolute Gasteiger partial charge is 0.454 e. The molecule has 18 aromatic carbocycles. The number of fused-ring (bicyclic) bond motifs is 22. The van der Waals surface area contributed by atoms with Crippen LogP contribution in [0.1, 0.15) is 0 Å². The number of hydrogen-bond acceptors (Lipinski definition) is 9. The minimum atomic E-state index is 0.599. The second-order valence-electron chi connectivity index (χ2n) is 30.7. The average molecular weight is 1570 g/mol. The Bertz CT molecular complexity index is 8380. The fraction of sp³-hybridized carbons (Fsp3) is 0. The molecule has 11 heteroatoms. The van der Waals surface area contributed by atoms with Crippen LogP contribution in [0.25, 0.3) is 197 Å². The molecule has 0 N–H and O–H groups in total. The Morgan fingerprint density at radius 3 is 1.07 bits per heavy atom. The fourth-order valence-electron chi connectivity index (χ4n) is 18.4. The number of thiophene rings is 1. The van der Waals surface area contributed by atoms with Crippen LogP contribution in [0.3, 0.4) is 0 Å². The van der Waals surface area contributed by atoms with Gasteiger partial charge in [0.05, 0.1) is 49.5 Å². The minimum Gasteiger partial charge on any atom is -0.454 e. The molecular weight excluding hydrogens is 1500 g/mol.